The summed E-state index contributed by atoms with van der Waals surface area (Å²) in [6.07, 6.45) is 5.84. The molecule has 4 saturated carbocycles. The number of carbonyl (C=O) groups excluding carboxylic acids is 1. The normalized spacial score (nSPS) is 38.5. The van der Waals surface area contributed by atoms with E-state index in [1.165, 1.54) is 43.4 Å². The van der Waals surface area contributed by atoms with Gasteiger partial charge in [-0.2, -0.15) is 0 Å². The van der Waals surface area contributed by atoms with Crippen molar-refractivity contribution in [3.8, 4) is 0 Å². The minimum atomic E-state index is -0.576. The molecule has 4 aliphatic carbocycles. The molecular formula is C16H22N2O2S. The number of nitrogens with one attached hydrogen (secondary N) is 1. The first-order valence-electron chi connectivity index (χ1n) is 8.04. The van der Waals surface area contributed by atoms with Crippen molar-refractivity contribution in [2.24, 2.45) is 29.6 Å². The summed E-state index contributed by atoms with van der Waals surface area (Å²) in [7, 11) is 0. The lowest BCUT2D eigenvalue weighted by Gasteiger charge is -2.53. The van der Waals surface area contributed by atoms with Crippen molar-refractivity contribution in [3.05, 3.63) is 11.1 Å². The van der Waals surface area contributed by atoms with Gasteiger partial charge in [0.05, 0.1) is 11.8 Å². The summed E-state index contributed by atoms with van der Waals surface area (Å²) >= 11 is 1.40. The molecule has 114 valence electrons. The maximum Gasteiger partial charge on any atom is 0.229 e. The molecule has 1 aromatic rings. The van der Waals surface area contributed by atoms with Gasteiger partial charge in [0.25, 0.3) is 0 Å². The highest BCUT2D eigenvalue weighted by molar-refractivity contribution is 7.13. The van der Waals surface area contributed by atoms with Crippen molar-refractivity contribution in [1.82, 2.24) is 4.98 Å². The zero-order chi connectivity index (χ0) is 14.6. The molecule has 1 unspecified atom stereocenters. The maximum atomic E-state index is 12.7. The predicted octanol–water partition coefficient (Wildman–Crippen LogP) is 3.21. The van der Waals surface area contributed by atoms with E-state index in [1.54, 1.807) is 6.92 Å². The van der Waals surface area contributed by atoms with Gasteiger partial charge >= 0.3 is 0 Å². The van der Waals surface area contributed by atoms with E-state index in [0.29, 0.717) is 22.7 Å². The van der Waals surface area contributed by atoms with Gasteiger partial charge in [-0.05, 0) is 62.7 Å². The minimum Gasteiger partial charge on any atom is -0.387 e. The molecule has 5 heteroatoms. The first-order valence-corrected chi connectivity index (χ1v) is 8.92. The second-order valence-electron chi connectivity index (χ2n) is 7.20. The van der Waals surface area contributed by atoms with Crippen LogP contribution >= 0.6 is 11.3 Å². The second kappa shape index (κ2) is 5.06. The van der Waals surface area contributed by atoms with Crippen LogP contribution in [0.3, 0.4) is 0 Å². The fourth-order valence-electron chi connectivity index (χ4n) is 5.08. The highest BCUT2D eigenvalue weighted by Gasteiger charge is 2.50. The molecule has 4 nitrogen and oxygen atoms in total. The molecule has 1 amide bonds. The molecule has 1 heterocycles. The fraction of sp³-hybridized carbons (Fsp3) is 0.750. The van der Waals surface area contributed by atoms with Crippen LogP contribution in [0.25, 0.3) is 0 Å². The molecule has 4 fully saturated rings. The Hall–Kier alpha value is -0.940. The van der Waals surface area contributed by atoms with Gasteiger partial charge < -0.3 is 10.4 Å². The quantitative estimate of drug-likeness (QED) is 0.901. The number of amides is 1. The van der Waals surface area contributed by atoms with Crippen molar-refractivity contribution < 1.29 is 9.90 Å². The van der Waals surface area contributed by atoms with E-state index < -0.39 is 6.10 Å². The Morgan fingerprint density at radius 3 is 2.43 bits per heavy atom. The van der Waals surface area contributed by atoms with Crippen LogP contribution in [-0.4, -0.2) is 16.0 Å². The summed E-state index contributed by atoms with van der Waals surface area (Å²) < 4.78 is 0. The van der Waals surface area contributed by atoms with Gasteiger partial charge in [-0.1, -0.05) is 0 Å². The maximum absolute atomic E-state index is 12.7. The van der Waals surface area contributed by atoms with Crippen LogP contribution in [0.5, 0.6) is 0 Å². The van der Waals surface area contributed by atoms with Gasteiger partial charge in [0, 0.05) is 11.3 Å². The number of aliphatic hydroxyl groups excluding tert-OH is 1. The third-order valence-electron chi connectivity index (χ3n) is 5.71. The van der Waals surface area contributed by atoms with Gasteiger partial charge in [0.1, 0.15) is 0 Å². The Labute approximate surface area is 129 Å². The number of anilines is 1. The molecule has 0 radical (unpaired) electrons. The number of aromatic nitrogens is 1. The zero-order valence-corrected chi connectivity index (χ0v) is 13.1. The van der Waals surface area contributed by atoms with Gasteiger partial charge in [-0.3, -0.25) is 4.79 Å². The van der Waals surface area contributed by atoms with Gasteiger partial charge in [0.15, 0.2) is 5.13 Å². The number of hydrogen-bond acceptors (Lipinski definition) is 4. The summed E-state index contributed by atoms with van der Waals surface area (Å²) in [6.45, 7) is 1.69. The highest BCUT2D eigenvalue weighted by atomic mass is 32.1. The largest absolute Gasteiger partial charge is 0.387 e. The monoisotopic (exact) mass is 306 g/mol. The van der Waals surface area contributed by atoms with Crippen LogP contribution in [0, 0.1) is 29.6 Å². The van der Waals surface area contributed by atoms with Crippen molar-refractivity contribution >= 4 is 22.4 Å². The van der Waals surface area contributed by atoms with Gasteiger partial charge in [-0.15, -0.1) is 11.3 Å². The lowest BCUT2D eigenvalue weighted by Crippen LogP contribution is -2.49. The molecule has 5 rings (SSSR count). The van der Waals surface area contributed by atoms with Crippen LogP contribution in [0.2, 0.25) is 0 Å². The zero-order valence-electron chi connectivity index (χ0n) is 12.3. The van der Waals surface area contributed by atoms with E-state index in [1.807, 2.05) is 5.38 Å². The van der Waals surface area contributed by atoms with E-state index in [4.69, 9.17) is 0 Å². The molecule has 0 aliphatic heterocycles. The number of carbonyl (C=O) groups is 1. The first kappa shape index (κ1) is 13.7. The Kier molecular flexibility index (Phi) is 3.30. The van der Waals surface area contributed by atoms with E-state index in [0.717, 1.165) is 11.8 Å². The average molecular weight is 306 g/mol. The molecule has 0 saturated heterocycles. The smallest absolute Gasteiger partial charge is 0.229 e. The third kappa shape index (κ3) is 2.40. The minimum absolute atomic E-state index is 0.162. The molecule has 21 heavy (non-hydrogen) atoms. The van der Waals surface area contributed by atoms with E-state index in [9.17, 15) is 9.90 Å². The summed E-state index contributed by atoms with van der Waals surface area (Å²) in [5.74, 6) is 3.32. The molecule has 2 N–H and O–H groups in total. The second-order valence-corrected chi connectivity index (χ2v) is 8.06. The lowest BCUT2D eigenvalue weighted by atomic mass is 9.51. The standard InChI is InChI=1S/C16H22N2O2S/c1-8(19)13-7-21-16(17-13)18-15(20)14-11-3-9-2-10(5-11)6-12(14)4-9/h7-12,14,19H,2-6H2,1H3,(H,17,18,20). The number of aliphatic hydroxyl groups is 1. The van der Waals surface area contributed by atoms with Crippen molar-refractivity contribution in [2.75, 3.05) is 5.32 Å². The van der Waals surface area contributed by atoms with Crippen LogP contribution in [0.15, 0.2) is 5.38 Å². The van der Waals surface area contributed by atoms with Crippen molar-refractivity contribution in [1.29, 1.82) is 0 Å². The SMILES string of the molecule is CC(O)c1csc(NC(=O)C2C3CC4CC(C3)CC2C4)n1. The summed E-state index contributed by atoms with van der Waals surface area (Å²) in [4.78, 5) is 17.0. The van der Waals surface area contributed by atoms with Crippen LogP contribution < -0.4 is 5.32 Å². The van der Waals surface area contributed by atoms with Crippen LogP contribution in [0.4, 0.5) is 5.13 Å². The highest BCUT2D eigenvalue weighted by Crippen LogP contribution is 2.56. The lowest BCUT2D eigenvalue weighted by molar-refractivity contribution is -0.132. The number of rotatable bonds is 3. The van der Waals surface area contributed by atoms with Crippen molar-refractivity contribution in [3.63, 3.8) is 0 Å². The van der Waals surface area contributed by atoms with E-state index in [-0.39, 0.29) is 11.8 Å². The van der Waals surface area contributed by atoms with Gasteiger partial charge in [0.2, 0.25) is 5.91 Å². The topological polar surface area (TPSA) is 62.2 Å². The molecule has 4 bridgehead atoms. The summed E-state index contributed by atoms with van der Waals surface area (Å²) in [5, 5.41) is 15.0. The molecule has 1 aromatic heterocycles. The van der Waals surface area contributed by atoms with Crippen molar-refractivity contribution in [2.45, 2.75) is 45.1 Å². The fourth-order valence-corrected chi connectivity index (χ4v) is 5.88. The number of hydrogen-bond donors (Lipinski definition) is 2. The first-order chi connectivity index (χ1) is 10.1. The number of thiazole rings is 1. The van der Waals surface area contributed by atoms with Gasteiger partial charge in [-0.25, -0.2) is 4.98 Å². The van der Waals surface area contributed by atoms with E-state index in [2.05, 4.69) is 10.3 Å². The van der Waals surface area contributed by atoms with Crippen LogP contribution in [0.1, 0.15) is 50.8 Å². The number of nitrogens with zero attached hydrogens (tertiary/aromatic N) is 1. The Bertz CT molecular complexity index is 526. The summed E-state index contributed by atoms with van der Waals surface area (Å²) in [5.41, 5.74) is 0.639. The van der Waals surface area contributed by atoms with Crippen LogP contribution in [-0.2, 0) is 4.79 Å². The Balaban J connectivity index is 1.47. The van der Waals surface area contributed by atoms with E-state index >= 15 is 0 Å². The molecule has 0 spiro atoms. The molecular weight excluding hydrogens is 284 g/mol. The Morgan fingerprint density at radius 2 is 1.90 bits per heavy atom. The third-order valence-corrected chi connectivity index (χ3v) is 6.49. The predicted molar refractivity (Wildman–Crippen MR) is 81.9 cm³/mol. The molecule has 1 atom stereocenters. The molecule has 0 aromatic carbocycles. The average Bonchev–Trinajstić information content (AvgIpc) is 2.86. The molecule has 4 aliphatic rings. The Morgan fingerprint density at radius 1 is 1.29 bits per heavy atom. The summed E-state index contributed by atoms with van der Waals surface area (Å²) in [6, 6.07) is 0.